The smallest absolute Gasteiger partial charge is 0.306 e. The first-order valence-electron chi connectivity index (χ1n) is 9.71. The van der Waals surface area contributed by atoms with Gasteiger partial charge in [-0.1, -0.05) is 32.9 Å². The predicted octanol–water partition coefficient (Wildman–Crippen LogP) is 3.28. The van der Waals surface area contributed by atoms with Crippen LogP contribution in [0.15, 0.2) is 29.1 Å². The van der Waals surface area contributed by atoms with Gasteiger partial charge in [0, 0.05) is 17.8 Å². The number of carbonyl (C=O) groups is 2. The molecule has 7 heteroatoms. The van der Waals surface area contributed by atoms with E-state index in [-0.39, 0.29) is 24.0 Å². The molecule has 1 amide bonds. The molecule has 0 atom stereocenters. The zero-order valence-electron chi connectivity index (χ0n) is 18.0. The third-order valence-electron chi connectivity index (χ3n) is 4.90. The largest absolute Gasteiger partial charge is 0.456 e. The summed E-state index contributed by atoms with van der Waals surface area (Å²) in [6.07, 6.45) is 0.337. The molecular formula is C23H27N3O4. The van der Waals surface area contributed by atoms with Crippen molar-refractivity contribution in [3.05, 3.63) is 62.6 Å². The lowest BCUT2D eigenvalue weighted by Gasteiger charge is -2.19. The Balaban J connectivity index is 1.87. The average Bonchev–Trinajstić information content (AvgIpc) is 2.66. The van der Waals surface area contributed by atoms with E-state index in [1.807, 2.05) is 30.3 Å². The van der Waals surface area contributed by atoms with Gasteiger partial charge in [-0.3, -0.25) is 14.4 Å². The lowest BCUT2D eigenvalue weighted by Crippen LogP contribution is -2.21. The highest BCUT2D eigenvalue weighted by Crippen LogP contribution is 2.23. The molecule has 2 aromatic rings. The van der Waals surface area contributed by atoms with E-state index in [0.29, 0.717) is 23.4 Å². The second-order valence-corrected chi connectivity index (χ2v) is 8.21. The number of rotatable bonds is 6. The summed E-state index contributed by atoms with van der Waals surface area (Å²) >= 11 is 0. The van der Waals surface area contributed by atoms with E-state index >= 15 is 0 Å². The van der Waals surface area contributed by atoms with E-state index in [2.05, 4.69) is 31.1 Å². The van der Waals surface area contributed by atoms with Crippen LogP contribution in [0.3, 0.4) is 0 Å². The molecule has 2 rings (SSSR count). The third kappa shape index (κ3) is 5.80. The highest BCUT2D eigenvalue weighted by atomic mass is 16.5. The fourth-order valence-corrected chi connectivity index (χ4v) is 3.12. The molecule has 0 saturated heterocycles. The van der Waals surface area contributed by atoms with Crippen LogP contribution in [0.4, 0.5) is 5.69 Å². The van der Waals surface area contributed by atoms with Gasteiger partial charge in [0.15, 0.2) is 6.61 Å². The van der Waals surface area contributed by atoms with Crippen LogP contribution in [0.1, 0.15) is 55.1 Å². The summed E-state index contributed by atoms with van der Waals surface area (Å²) in [4.78, 5) is 38.5. The summed E-state index contributed by atoms with van der Waals surface area (Å²) in [6.45, 7) is 9.34. The molecule has 0 bridgehead atoms. The molecule has 0 aliphatic heterocycles. The number of anilines is 1. The van der Waals surface area contributed by atoms with Crippen molar-refractivity contribution in [3.63, 3.8) is 0 Å². The molecule has 30 heavy (non-hydrogen) atoms. The molecule has 0 aliphatic carbocycles. The molecule has 0 unspecified atom stereocenters. The summed E-state index contributed by atoms with van der Waals surface area (Å²) in [7, 11) is 0. The normalized spacial score (nSPS) is 10.9. The maximum absolute atomic E-state index is 12.0. The second-order valence-electron chi connectivity index (χ2n) is 8.21. The van der Waals surface area contributed by atoms with Crippen LogP contribution in [0.2, 0.25) is 0 Å². The summed E-state index contributed by atoms with van der Waals surface area (Å²) in [6, 6.07) is 9.41. The Bertz CT molecular complexity index is 1040. The summed E-state index contributed by atoms with van der Waals surface area (Å²) in [5, 5.41) is 11.8. The molecule has 0 spiro atoms. The molecule has 0 radical (unpaired) electrons. The number of aryl methyl sites for hydroxylation is 1. The number of hydrogen-bond acceptors (Lipinski definition) is 5. The van der Waals surface area contributed by atoms with E-state index in [9.17, 15) is 14.4 Å². The van der Waals surface area contributed by atoms with Crippen molar-refractivity contribution < 1.29 is 14.3 Å². The molecule has 2 N–H and O–H groups in total. The molecule has 158 valence electrons. The number of benzene rings is 1. The fraction of sp³-hybridized carbons (Fsp3) is 0.391. The Labute approximate surface area is 176 Å². The lowest BCUT2D eigenvalue weighted by molar-refractivity contribution is -0.147. The van der Waals surface area contributed by atoms with E-state index in [1.54, 1.807) is 13.8 Å². The number of pyridine rings is 1. The topological polar surface area (TPSA) is 112 Å². The number of esters is 1. The van der Waals surface area contributed by atoms with Gasteiger partial charge < -0.3 is 15.0 Å². The SMILES string of the molecule is Cc1[nH]c(=O)c(C#N)c(C)c1CCC(=O)OCC(=O)Nc1ccc(C(C)(C)C)cc1. The summed E-state index contributed by atoms with van der Waals surface area (Å²) < 4.78 is 5.05. The molecule has 1 heterocycles. The zero-order chi connectivity index (χ0) is 22.5. The van der Waals surface area contributed by atoms with Crippen LogP contribution in [-0.4, -0.2) is 23.5 Å². The first kappa shape index (κ1) is 22.9. The minimum absolute atomic E-state index is 0.0224. The number of H-pyrrole nitrogens is 1. The van der Waals surface area contributed by atoms with Gasteiger partial charge in [-0.15, -0.1) is 0 Å². The van der Waals surface area contributed by atoms with Crippen LogP contribution in [0.25, 0.3) is 0 Å². The second kappa shape index (κ2) is 9.40. The van der Waals surface area contributed by atoms with Crippen molar-refractivity contribution in [2.24, 2.45) is 0 Å². The van der Waals surface area contributed by atoms with Gasteiger partial charge in [-0.05, 0) is 54.5 Å². The highest BCUT2D eigenvalue weighted by Gasteiger charge is 2.15. The number of nitriles is 1. The summed E-state index contributed by atoms with van der Waals surface area (Å²) in [5.74, 6) is -0.952. The van der Waals surface area contributed by atoms with E-state index < -0.39 is 17.4 Å². The minimum Gasteiger partial charge on any atom is -0.456 e. The molecule has 0 aliphatic rings. The van der Waals surface area contributed by atoms with Crippen molar-refractivity contribution in [2.75, 3.05) is 11.9 Å². The van der Waals surface area contributed by atoms with Crippen LogP contribution < -0.4 is 10.9 Å². The summed E-state index contributed by atoms with van der Waals surface area (Å²) in [5.41, 5.74) is 3.31. The van der Waals surface area contributed by atoms with Crippen molar-refractivity contribution in [2.45, 2.75) is 52.9 Å². The van der Waals surface area contributed by atoms with Crippen LogP contribution in [0, 0.1) is 25.2 Å². The number of amides is 1. The van der Waals surface area contributed by atoms with Gasteiger partial charge in [0.2, 0.25) is 0 Å². The predicted molar refractivity (Wildman–Crippen MR) is 114 cm³/mol. The van der Waals surface area contributed by atoms with E-state index in [1.165, 1.54) is 0 Å². The monoisotopic (exact) mass is 409 g/mol. The molecule has 0 saturated carbocycles. The molecule has 1 aromatic carbocycles. The number of aromatic nitrogens is 1. The number of hydrogen-bond donors (Lipinski definition) is 2. The maximum Gasteiger partial charge on any atom is 0.306 e. The average molecular weight is 409 g/mol. The Morgan fingerprint density at radius 2 is 1.80 bits per heavy atom. The Kier molecular flexibility index (Phi) is 7.17. The first-order valence-corrected chi connectivity index (χ1v) is 9.71. The number of nitrogens with zero attached hydrogens (tertiary/aromatic N) is 1. The van der Waals surface area contributed by atoms with Crippen molar-refractivity contribution >= 4 is 17.6 Å². The van der Waals surface area contributed by atoms with Gasteiger partial charge in [0.1, 0.15) is 11.6 Å². The number of carbonyl (C=O) groups excluding carboxylic acids is 2. The molecule has 0 fully saturated rings. The van der Waals surface area contributed by atoms with E-state index in [0.717, 1.165) is 11.1 Å². The zero-order valence-corrected chi connectivity index (χ0v) is 18.0. The van der Waals surface area contributed by atoms with Gasteiger partial charge >= 0.3 is 5.97 Å². The highest BCUT2D eigenvalue weighted by molar-refractivity contribution is 5.92. The molecule has 1 aromatic heterocycles. The van der Waals surface area contributed by atoms with Crippen LogP contribution in [-0.2, 0) is 26.2 Å². The quantitative estimate of drug-likeness (QED) is 0.711. The standard InChI is InChI=1S/C23H27N3O4/c1-14-18(15(2)25-22(29)19(14)12-24)10-11-21(28)30-13-20(27)26-17-8-6-16(7-9-17)23(3,4)5/h6-9H,10-11,13H2,1-5H3,(H,25,29)(H,26,27). The number of aromatic amines is 1. The fourth-order valence-electron chi connectivity index (χ4n) is 3.12. The first-order chi connectivity index (χ1) is 14.0. The Morgan fingerprint density at radius 1 is 1.17 bits per heavy atom. The van der Waals surface area contributed by atoms with Gasteiger partial charge in [-0.25, -0.2) is 0 Å². The van der Waals surface area contributed by atoms with Crippen molar-refractivity contribution in [1.29, 1.82) is 5.26 Å². The molecule has 7 nitrogen and oxygen atoms in total. The number of nitrogens with one attached hydrogen (secondary N) is 2. The lowest BCUT2D eigenvalue weighted by atomic mass is 9.87. The maximum atomic E-state index is 12.0. The van der Waals surface area contributed by atoms with Gasteiger partial charge in [0.05, 0.1) is 0 Å². The Hall–Kier alpha value is -3.40. The van der Waals surface area contributed by atoms with Crippen LogP contribution >= 0.6 is 0 Å². The third-order valence-corrected chi connectivity index (χ3v) is 4.90. The van der Waals surface area contributed by atoms with Crippen LogP contribution in [0.5, 0.6) is 0 Å². The van der Waals surface area contributed by atoms with E-state index in [4.69, 9.17) is 10.00 Å². The van der Waals surface area contributed by atoms with Crippen molar-refractivity contribution in [1.82, 2.24) is 4.98 Å². The van der Waals surface area contributed by atoms with Crippen molar-refractivity contribution in [3.8, 4) is 6.07 Å². The Morgan fingerprint density at radius 3 is 2.37 bits per heavy atom. The van der Waals surface area contributed by atoms with Gasteiger partial charge in [-0.2, -0.15) is 5.26 Å². The molecular weight excluding hydrogens is 382 g/mol. The number of ether oxygens (including phenoxy) is 1. The van der Waals surface area contributed by atoms with Gasteiger partial charge in [0.25, 0.3) is 11.5 Å². The minimum atomic E-state index is -0.531.